The van der Waals surface area contributed by atoms with E-state index in [9.17, 15) is 0 Å². The van der Waals surface area contributed by atoms with Crippen molar-refractivity contribution in [1.29, 1.82) is 0 Å². The van der Waals surface area contributed by atoms with E-state index in [2.05, 4.69) is 15.0 Å². The highest BCUT2D eigenvalue weighted by Gasteiger charge is 2.12. The molecule has 35 heavy (non-hydrogen) atoms. The number of hydrogen-bond acceptors (Lipinski definition) is 8. The Morgan fingerprint density at radius 3 is 1.11 bits per heavy atom. The lowest BCUT2D eigenvalue weighted by Crippen LogP contribution is -2.07. The highest BCUT2D eigenvalue weighted by molar-refractivity contribution is 5.28. The molecule has 0 saturated carbocycles. The molecule has 0 aliphatic carbocycles. The van der Waals surface area contributed by atoms with Crippen molar-refractivity contribution >= 4 is 0 Å². The van der Waals surface area contributed by atoms with Crippen molar-refractivity contribution in [3.8, 4) is 29.5 Å². The molecule has 4 aromatic rings. The molecule has 3 aromatic carbocycles. The van der Waals surface area contributed by atoms with Crippen LogP contribution >= 0.6 is 0 Å². The van der Waals surface area contributed by atoms with Crippen LogP contribution in [0.25, 0.3) is 0 Å². The maximum Gasteiger partial charge on any atom is 0.326 e. The van der Waals surface area contributed by atoms with E-state index in [-0.39, 0.29) is 31.2 Å². The standard InChI is InChI=1S/C27H27N3O5/c1-19-4-6-20(7-5-19)16-33-25-28-26(34-17-21-8-12-23(31-2)13-9-21)30-27(29-25)35-18-22-10-14-24(32-3)15-11-22/h4-15H,16-18H2,1-3H3. The third-order valence-electron chi connectivity index (χ3n) is 5.12. The van der Waals surface area contributed by atoms with Crippen LogP contribution in [0.2, 0.25) is 0 Å². The van der Waals surface area contributed by atoms with Gasteiger partial charge in [-0.05, 0) is 47.9 Å². The molecule has 0 amide bonds. The van der Waals surface area contributed by atoms with E-state index in [1.165, 1.54) is 5.56 Å². The van der Waals surface area contributed by atoms with Gasteiger partial charge in [-0.15, -0.1) is 15.0 Å². The van der Waals surface area contributed by atoms with Crippen LogP contribution in [0.5, 0.6) is 29.5 Å². The van der Waals surface area contributed by atoms with Crippen molar-refractivity contribution in [1.82, 2.24) is 15.0 Å². The van der Waals surface area contributed by atoms with Gasteiger partial charge in [-0.3, -0.25) is 0 Å². The molecule has 180 valence electrons. The van der Waals surface area contributed by atoms with Gasteiger partial charge in [0, 0.05) is 0 Å². The average Bonchev–Trinajstić information content (AvgIpc) is 2.91. The SMILES string of the molecule is COc1ccc(COc2nc(OCc3ccc(C)cc3)nc(OCc3ccc(OC)cc3)n2)cc1. The normalized spacial score (nSPS) is 10.5. The lowest BCUT2D eigenvalue weighted by atomic mass is 10.2. The zero-order chi connectivity index (χ0) is 24.5. The number of aromatic nitrogens is 3. The Morgan fingerprint density at radius 2 is 0.800 bits per heavy atom. The van der Waals surface area contributed by atoms with Crippen LogP contribution in [0.4, 0.5) is 0 Å². The van der Waals surface area contributed by atoms with Gasteiger partial charge in [0.2, 0.25) is 0 Å². The maximum absolute atomic E-state index is 5.82. The zero-order valence-electron chi connectivity index (χ0n) is 19.9. The molecule has 0 saturated heterocycles. The minimum atomic E-state index is 0.111. The number of methoxy groups -OCH3 is 2. The molecule has 0 radical (unpaired) electrons. The van der Waals surface area contributed by atoms with Crippen molar-refractivity contribution in [2.75, 3.05) is 14.2 Å². The zero-order valence-corrected chi connectivity index (χ0v) is 19.9. The summed E-state index contributed by atoms with van der Waals surface area (Å²) in [5.41, 5.74) is 4.05. The molecule has 0 aliphatic rings. The molecular formula is C27H27N3O5. The fourth-order valence-electron chi connectivity index (χ4n) is 3.09. The van der Waals surface area contributed by atoms with Gasteiger partial charge >= 0.3 is 18.0 Å². The summed E-state index contributed by atoms with van der Waals surface area (Å²) in [5, 5.41) is 0. The van der Waals surface area contributed by atoms with E-state index in [0.717, 1.165) is 28.2 Å². The second kappa shape index (κ2) is 11.7. The van der Waals surface area contributed by atoms with E-state index in [1.54, 1.807) is 14.2 Å². The smallest absolute Gasteiger partial charge is 0.326 e. The number of hydrogen-bond donors (Lipinski definition) is 0. The molecule has 4 rings (SSSR count). The number of ether oxygens (including phenoxy) is 5. The summed E-state index contributed by atoms with van der Waals surface area (Å²) < 4.78 is 27.8. The molecule has 0 unspecified atom stereocenters. The highest BCUT2D eigenvalue weighted by atomic mass is 16.5. The van der Waals surface area contributed by atoms with Crippen LogP contribution in [0.3, 0.4) is 0 Å². The monoisotopic (exact) mass is 473 g/mol. The minimum absolute atomic E-state index is 0.111. The fraction of sp³-hybridized carbons (Fsp3) is 0.222. The van der Waals surface area contributed by atoms with E-state index in [0.29, 0.717) is 6.61 Å². The number of benzene rings is 3. The van der Waals surface area contributed by atoms with Crippen LogP contribution in [0.1, 0.15) is 22.3 Å². The van der Waals surface area contributed by atoms with Gasteiger partial charge in [-0.25, -0.2) is 0 Å². The second-order valence-electron chi connectivity index (χ2n) is 7.73. The number of aryl methyl sites for hydroxylation is 1. The summed E-state index contributed by atoms with van der Waals surface area (Å²) in [6.07, 6.45) is 0. The van der Waals surface area contributed by atoms with Crippen LogP contribution in [-0.4, -0.2) is 29.2 Å². The maximum atomic E-state index is 5.82. The predicted molar refractivity (Wildman–Crippen MR) is 130 cm³/mol. The van der Waals surface area contributed by atoms with Gasteiger partial charge < -0.3 is 23.7 Å². The summed E-state index contributed by atoms with van der Waals surface area (Å²) in [6, 6.07) is 23.5. The van der Waals surface area contributed by atoms with Crippen LogP contribution in [0, 0.1) is 6.92 Å². The van der Waals surface area contributed by atoms with Crippen molar-refractivity contribution in [3.63, 3.8) is 0 Å². The van der Waals surface area contributed by atoms with Gasteiger partial charge in [-0.1, -0.05) is 54.1 Å². The van der Waals surface area contributed by atoms with Crippen molar-refractivity contribution in [2.24, 2.45) is 0 Å². The van der Waals surface area contributed by atoms with Gasteiger partial charge in [0.25, 0.3) is 0 Å². The largest absolute Gasteiger partial charge is 0.497 e. The number of rotatable bonds is 11. The first kappa shape index (κ1) is 23.8. The van der Waals surface area contributed by atoms with E-state index in [1.807, 2.05) is 79.7 Å². The average molecular weight is 474 g/mol. The first-order chi connectivity index (χ1) is 17.1. The summed E-state index contributed by atoms with van der Waals surface area (Å²) >= 11 is 0. The lowest BCUT2D eigenvalue weighted by Gasteiger charge is -2.11. The van der Waals surface area contributed by atoms with Gasteiger partial charge in [-0.2, -0.15) is 0 Å². The Kier molecular flexibility index (Phi) is 7.96. The summed E-state index contributed by atoms with van der Waals surface area (Å²) in [5.74, 6) is 1.55. The van der Waals surface area contributed by atoms with Gasteiger partial charge in [0.05, 0.1) is 14.2 Å². The molecule has 1 heterocycles. The van der Waals surface area contributed by atoms with E-state index >= 15 is 0 Å². The third-order valence-corrected chi connectivity index (χ3v) is 5.12. The Labute approximate surface area is 204 Å². The molecule has 8 heteroatoms. The van der Waals surface area contributed by atoms with Crippen molar-refractivity contribution in [3.05, 3.63) is 95.1 Å². The first-order valence-corrected chi connectivity index (χ1v) is 11.1. The topological polar surface area (TPSA) is 84.8 Å². The predicted octanol–water partition coefficient (Wildman–Crippen LogP) is 4.93. The third kappa shape index (κ3) is 7.07. The minimum Gasteiger partial charge on any atom is -0.497 e. The molecule has 0 N–H and O–H groups in total. The molecule has 0 atom stereocenters. The fourth-order valence-corrected chi connectivity index (χ4v) is 3.09. The molecule has 1 aromatic heterocycles. The molecule has 0 fully saturated rings. The molecule has 0 spiro atoms. The summed E-state index contributed by atoms with van der Waals surface area (Å²) in [6.45, 7) is 2.88. The molecule has 0 aliphatic heterocycles. The van der Waals surface area contributed by atoms with Crippen LogP contribution in [-0.2, 0) is 19.8 Å². The molecular weight excluding hydrogens is 446 g/mol. The van der Waals surface area contributed by atoms with Crippen molar-refractivity contribution < 1.29 is 23.7 Å². The quantitative estimate of drug-likeness (QED) is 0.303. The molecule has 8 nitrogen and oxygen atoms in total. The van der Waals surface area contributed by atoms with Gasteiger partial charge in [0.1, 0.15) is 31.3 Å². The Morgan fingerprint density at radius 1 is 0.486 bits per heavy atom. The summed E-state index contributed by atoms with van der Waals surface area (Å²) in [4.78, 5) is 12.9. The summed E-state index contributed by atoms with van der Waals surface area (Å²) in [7, 11) is 3.25. The first-order valence-electron chi connectivity index (χ1n) is 11.1. The highest BCUT2D eigenvalue weighted by Crippen LogP contribution is 2.20. The van der Waals surface area contributed by atoms with Crippen molar-refractivity contribution in [2.45, 2.75) is 26.7 Å². The van der Waals surface area contributed by atoms with E-state index < -0.39 is 0 Å². The lowest BCUT2D eigenvalue weighted by molar-refractivity contribution is 0.223. The van der Waals surface area contributed by atoms with Gasteiger partial charge in [0.15, 0.2) is 0 Å². The van der Waals surface area contributed by atoms with E-state index in [4.69, 9.17) is 23.7 Å². The second-order valence-corrected chi connectivity index (χ2v) is 7.73. The van der Waals surface area contributed by atoms with Crippen LogP contribution < -0.4 is 23.7 Å². The Bertz CT molecular complexity index is 1140. The molecule has 0 bridgehead atoms. The van der Waals surface area contributed by atoms with Crippen LogP contribution in [0.15, 0.2) is 72.8 Å². The Hall–Kier alpha value is -4.33. The number of nitrogens with zero attached hydrogens (tertiary/aromatic N) is 3. The Balaban J connectivity index is 1.47.